The zero-order valence-corrected chi connectivity index (χ0v) is 20.2. The number of rotatable bonds is 3. The molecular weight excluding hydrogens is 478 g/mol. The molecule has 0 amide bonds. The Morgan fingerprint density at radius 3 is 2.30 bits per heavy atom. The third-order valence-electron chi connectivity index (χ3n) is 8.14. The number of hydrogen-bond donors (Lipinski definition) is 0. The predicted octanol–water partition coefficient (Wildman–Crippen LogP) is 3.79. The van der Waals surface area contributed by atoms with Gasteiger partial charge in [0.05, 0.1) is 11.1 Å². The van der Waals surface area contributed by atoms with Gasteiger partial charge in [0.2, 0.25) is 5.41 Å². The lowest BCUT2D eigenvalue weighted by atomic mass is 9.65. The summed E-state index contributed by atoms with van der Waals surface area (Å²) in [5.74, 6) is -4.16. The van der Waals surface area contributed by atoms with Crippen molar-refractivity contribution >= 4 is 29.6 Å². The van der Waals surface area contributed by atoms with E-state index in [-0.39, 0.29) is 11.5 Å². The Kier molecular flexibility index (Phi) is 5.18. The summed E-state index contributed by atoms with van der Waals surface area (Å²) in [6.45, 7) is 1.39. The van der Waals surface area contributed by atoms with Crippen LogP contribution in [0.3, 0.4) is 0 Å². The molecule has 2 aromatic rings. The number of hydrogen-bond acceptors (Lipinski definition) is 9. The van der Waals surface area contributed by atoms with E-state index in [1.807, 2.05) is 12.1 Å². The summed E-state index contributed by atoms with van der Waals surface area (Å²) < 4.78 is 12.1. The van der Waals surface area contributed by atoms with Gasteiger partial charge in [-0.15, -0.1) is 0 Å². The molecule has 0 radical (unpaired) electrons. The molecular formula is C27H25N3O7. The highest BCUT2D eigenvalue weighted by Gasteiger charge is 2.75. The number of benzene rings is 2. The van der Waals surface area contributed by atoms with E-state index in [1.165, 1.54) is 36.2 Å². The molecule has 0 aromatic heterocycles. The van der Waals surface area contributed by atoms with E-state index in [9.17, 15) is 24.5 Å². The van der Waals surface area contributed by atoms with Crippen molar-refractivity contribution in [2.75, 3.05) is 0 Å². The van der Waals surface area contributed by atoms with Crippen molar-refractivity contribution in [1.29, 1.82) is 0 Å². The largest absolute Gasteiger partial charge is 0.422 e. The molecule has 2 saturated heterocycles. The molecule has 3 aliphatic heterocycles. The van der Waals surface area contributed by atoms with Gasteiger partial charge in [-0.2, -0.15) is 5.10 Å². The first kappa shape index (κ1) is 23.3. The molecule has 0 N–H and O–H groups in total. The van der Waals surface area contributed by atoms with Crippen LogP contribution in [0, 0.1) is 15.5 Å². The summed E-state index contributed by atoms with van der Waals surface area (Å²) in [5, 5.41) is 17.4. The number of nitro groups is 1. The topological polar surface area (TPSA) is 128 Å². The van der Waals surface area contributed by atoms with Crippen LogP contribution in [0.1, 0.15) is 67.7 Å². The molecule has 2 spiro atoms. The van der Waals surface area contributed by atoms with E-state index in [4.69, 9.17) is 9.47 Å². The number of ether oxygens (including phenoxy) is 2. The van der Waals surface area contributed by atoms with Crippen molar-refractivity contribution in [2.45, 2.75) is 62.8 Å². The highest BCUT2D eigenvalue weighted by Crippen LogP contribution is 2.63. The number of carbonyl (C=O) groups is 3. The summed E-state index contributed by atoms with van der Waals surface area (Å²) >= 11 is 0. The quantitative estimate of drug-likeness (QED) is 0.268. The zero-order valence-electron chi connectivity index (χ0n) is 20.2. The minimum absolute atomic E-state index is 0.147. The van der Waals surface area contributed by atoms with Gasteiger partial charge in [-0.25, -0.2) is 0 Å². The maximum atomic E-state index is 14.3. The highest BCUT2D eigenvalue weighted by atomic mass is 16.7. The Morgan fingerprint density at radius 1 is 1.03 bits per heavy atom. The van der Waals surface area contributed by atoms with Crippen LogP contribution in [0.15, 0.2) is 53.6 Å². The van der Waals surface area contributed by atoms with Gasteiger partial charge in [-0.05, 0) is 36.5 Å². The number of ketones is 1. The van der Waals surface area contributed by atoms with Gasteiger partial charge in [-0.3, -0.25) is 29.5 Å². The summed E-state index contributed by atoms with van der Waals surface area (Å²) in [5.41, 5.74) is -0.300. The normalized spacial score (nSPS) is 26.8. The van der Waals surface area contributed by atoms with E-state index >= 15 is 0 Å². The first-order chi connectivity index (χ1) is 17.8. The molecule has 1 aliphatic carbocycles. The average Bonchev–Trinajstić information content (AvgIpc) is 3.21. The van der Waals surface area contributed by atoms with Crippen LogP contribution in [0.25, 0.3) is 0 Å². The van der Waals surface area contributed by atoms with Crippen LogP contribution in [-0.4, -0.2) is 45.7 Å². The SMILES string of the molecule is CC(=O)[C@@H]1[C@H](c2ccc([N+](=O)[O-])cc2)C2(C(=O)OC3(CCCCC3)OC2=O)[C@@H]2c3ccccc3C=NN12. The molecule has 0 unspecified atom stereocenters. The number of carbonyl (C=O) groups excluding carboxylic acids is 3. The van der Waals surface area contributed by atoms with Crippen LogP contribution in [-0.2, 0) is 23.9 Å². The summed E-state index contributed by atoms with van der Waals surface area (Å²) in [6.07, 6.45) is 4.92. The monoisotopic (exact) mass is 503 g/mol. The first-order valence-corrected chi connectivity index (χ1v) is 12.4. The minimum Gasteiger partial charge on any atom is -0.422 e. The van der Waals surface area contributed by atoms with Gasteiger partial charge in [0.25, 0.3) is 11.5 Å². The van der Waals surface area contributed by atoms with Crippen molar-refractivity contribution in [2.24, 2.45) is 10.5 Å². The fourth-order valence-corrected chi connectivity index (χ4v) is 6.53. The van der Waals surface area contributed by atoms with Gasteiger partial charge in [-0.1, -0.05) is 42.8 Å². The van der Waals surface area contributed by atoms with Crippen molar-refractivity contribution in [3.8, 4) is 0 Å². The fourth-order valence-electron chi connectivity index (χ4n) is 6.53. The number of nitro benzene ring substituents is 1. The molecule has 1 saturated carbocycles. The smallest absolute Gasteiger partial charge is 0.330 e. The van der Waals surface area contributed by atoms with E-state index in [0.717, 1.165) is 19.3 Å². The number of non-ortho nitro benzene ring substituents is 1. The Labute approximate surface area is 212 Å². The molecule has 3 heterocycles. The molecule has 37 heavy (non-hydrogen) atoms. The third kappa shape index (κ3) is 3.24. The second-order valence-electron chi connectivity index (χ2n) is 10.2. The zero-order chi connectivity index (χ0) is 25.9. The Morgan fingerprint density at radius 2 is 1.68 bits per heavy atom. The Hall–Kier alpha value is -4.08. The molecule has 3 fully saturated rings. The summed E-state index contributed by atoms with van der Waals surface area (Å²) in [6, 6.07) is 10.9. The fraction of sp³-hybridized carbons (Fsp3) is 0.407. The molecule has 6 rings (SSSR count). The third-order valence-corrected chi connectivity index (χ3v) is 8.14. The van der Waals surface area contributed by atoms with Gasteiger partial charge in [0.1, 0.15) is 12.1 Å². The van der Waals surface area contributed by atoms with Gasteiger partial charge in [0, 0.05) is 30.9 Å². The second kappa shape index (κ2) is 8.22. The number of nitrogens with zero attached hydrogens (tertiary/aromatic N) is 3. The lowest BCUT2D eigenvalue weighted by Crippen LogP contribution is -2.60. The number of esters is 2. The molecule has 4 aliphatic rings. The molecule has 3 atom stereocenters. The van der Waals surface area contributed by atoms with Crippen molar-refractivity contribution in [1.82, 2.24) is 5.01 Å². The van der Waals surface area contributed by atoms with Crippen LogP contribution in [0.2, 0.25) is 0 Å². The van der Waals surface area contributed by atoms with E-state index in [1.54, 1.807) is 18.3 Å². The van der Waals surface area contributed by atoms with Crippen LogP contribution >= 0.6 is 0 Å². The minimum atomic E-state index is -1.94. The molecule has 0 bridgehead atoms. The van der Waals surface area contributed by atoms with Crippen molar-refractivity contribution in [3.63, 3.8) is 0 Å². The van der Waals surface area contributed by atoms with Gasteiger partial charge < -0.3 is 9.47 Å². The van der Waals surface area contributed by atoms with Gasteiger partial charge >= 0.3 is 11.9 Å². The summed E-state index contributed by atoms with van der Waals surface area (Å²) in [7, 11) is 0. The molecule has 10 nitrogen and oxygen atoms in total. The van der Waals surface area contributed by atoms with Crippen molar-refractivity contribution < 1.29 is 28.8 Å². The van der Waals surface area contributed by atoms with Crippen LogP contribution in [0.4, 0.5) is 5.69 Å². The van der Waals surface area contributed by atoms with Crippen molar-refractivity contribution in [3.05, 3.63) is 75.3 Å². The average molecular weight is 504 g/mol. The molecule has 2 aromatic carbocycles. The standard InChI is InChI=1S/C27H25N3O7/c1-16(31)22-21(17-9-11-19(12-10-17)30(34)35)27(23-20-8-4-3-7-18(20)15-28-29(22)23)24(32)36-26(37-25(27)33)13-5-2-6-14-26/h3-4,7-12,15,21-23H,2,5-6,13-14H2,1H3/t21-,22+,23-/m0/s1. The van der Waals surface area contributed by atoms with Crippen LogP contribution in [0.5, 0.6) is 0 Å². The maximum Gasteiger partial charge on any atom is 0.330 e. The molecule has 190 valence electrons. The van der Waals surface area contributed by atoms with E-state index in [2.05, 4.69) is 5.10 Å². The van der Waals surface area contributed by atoms with E-state index in [0.29, 0.717) is 29.5 Å². The van der Waals surface area contributed by atoms with Gasteiger partial charge in [0.15, 0.2) is 5.78 Å². The lowest BCUT2D eigenvalue weighted by molar-refractivity contribution is -0.384. The van der Waals surface area contributed by atoms with E-state index < -0.39 is 46.1 Å². The highest BCUT2D eigenvalue weighted by molar-refractivity contribution is 6.07. The summed E-state index contributed by atoms with van der Waals surface area (Å²) in [4.78, 5) is 52.5. The van der Waals surface area contributed by atoms with Crippen LogP contribution < -0.4 is 0 Å². The maximum absolute atomic E-state index is 14.3. The lowest BCUT2D eigenvalue weighted by Gasteiger charge is -2.47. The predicted molar refractivity (Wildman–Crippen MR) is 129 cm³/mol. The number of hydrazone groups is 1. The molecule has 10 heteroatoms. The Bertz CT molecular complexity index is 1330. The second-order valence-corrected chi connectivity index (χ2v) is 10.2. The first-order valence-electron chi connectivity index (χ1n) is 12.4. The Balaban J connectivity index is 1.58. The number of fused-ring (bicyclic) bond motifs is 4. The number of Topliss-reactive ketones (excluding diaryl/α,β-unsaturated/α-hetero) is 1.